The molecule has 1 aromatic carbocycles. The highest BCUT2D eigenvalue weighted by Gasteiger charge is 2.21. The fraction of sp³-hybridized carbons (Fsp3) is 0.647. The predicted molar refractivity (Wildman–Crippen MR) is 91.6 cm³/mol. The number of rotatable bonds is 7. The Morgan fingerprint density at radius 3 is 2.59 bits per heavy atom. The molecule has 0 aromatic heterocycles. The summed E-state index contributed by atoms with van der Waals surface area (Å²) in [5.74, 6) is 0.919. The molecule has 1 aliphatic heterocycles. The van der Waals surface area contributed by atoms with Crippen molar-refractivity contribution in [2.24, 2.45) is 0 Å². The lowest BCUT2D eigenvalue weighted by Crippen LogP contribution is -2.46. The molecule has 0 radical (unpaired) electrons. The van der Waals surface area contributed by atoms with Crippen molar-refractivity contribution in [3.05, 3.63) is 28.2 Å². The minimum atomic E-state index is 0.312. The summed E-state index contributed by atoms with van der Waals surface area (Å²) >= 11 is 3.45. The minimum Gasteiger partial charge on any atom is -0.491 e. The molecule has 2 atom stereocenters. The van der Waals surface area contributed by atoms with Crippen LogP contribution in [0.2, 0.25) is 0 Å². The first-order chi connectivity index (χ1) is 10.5. The fourth-order valence-corrected chi connectivity index (χ4v) is 3.22. The molecule has 22 heavy (non-hydrogen) atoms. The summed E-state index contributed by atoms with van der Waals surface area (Å²) in [6.07, 6.45) is 0.625. The zero-order valence-corrected chi connectivity index (χ0v) is 15.3. The standard InChI is InChI=1S/C17H26BrNO3/c1-13-10-16(18)4-5-17(13)21-9-8-20-7-6-19-11-14(2)22-15(3)12-19/h4-5,10,14-15H,6-9,11-12H2,1-3H3/t14-,15+. The molecule has 1 fully saturated rings. The first kappa shape index (κ1) is 17.7. The maximum Gasteiger partial charge on any atom is 0.122 e. The van der Waals surface area contributed by atoms with Crippen molar-refractivity contribution in [1.29, 1.82) is 0 Å². The zero-order chi connectivity index (χ0) is 15.9. The van der Waals surface area contributed by atoms with E-state index in [1.165, 1.54) is 0 Å². The lowest BCUT2D eigenvalue weighted by molar-refractivity contribution is -0.0734. The quantitative estimate of drug-likeness (QED) is 0.688. The van der Waals surface area contributed by atoms with Gasteiger partial charge in [-0.1, -0.05) is 15.9 Å². The Balaban J connectivity index is 1.57. The lowest BCUT2D eigenvalue weighted by atomic mass is 10.2. The number of morpholine rings is 1. The molecule has 4 nitrogen and oxygen atoms in total. The Kier molecular flexibility index (Phi) is 7.15. The van der Waals surface area contributed by atoms with Crippen LogP contribution in [-0.4, -0.2) is 56.6 Å². The lowest BCUT2D eigenvalue weighted by Gasteiger charge is -2.35. The van der Waals surface area contributed by atoms with Crippen molar-refractivity contribution in [1.82, 2.24) is 4.90 Å². The fourth-order valence-electron chi connectivity index (χ4n) is 2.75. The zero-order valence-electron chi connectivity index (χ0n) is 13.7. The van der Waals surface area contributed by atoms with Gasteiger partial charge in [-0.3, -0.25) is 4.90 Å². The number of aryl methyl sites for hydroxylation is 1. The average molecular weight is 372 g/mol. The molecule has 2 rings (SSSR count). The minimum absolute atomic E-state index is 0.312. The molecule has 1 heterocycles. The topological polar surface area (TPSA) is 30.9 Å². The van der Waals surface area contributed by atoms with E-state index in [4.69, 9.17) is 14.2 Å². The van der Waals surface area contributed by atoms with Crippen LogP contribution in [0.1, 0.15) is 19.4 Å². The molecule has 0 spiro atoms. The van der Waals surface area contributed by atoms with Crippen molar-refractivity contribution in [2.75, 3.05) is 39.5 Å². The van der Waals surface area contributed by atoms with E-state index < -0.39 is 0 Å². The van der Waals surface area contributed by atoms with Crippen LogP contribution in [0.25, 0.3) is 0 Å². The molecule has 0 amide bonds. The van der Waals surface area contributed by atoms with Crippen LogP contribution in [0.3, 0.4) is 0 Å². The van der Waals surface area contributed by atoms with Crippen LogP contribution in [0, 0.1) is 6.92 Å². The molecule has 5 heteroatoms. The molecule has 0 unspecified atom stereocenters. The van der Waals surface area contributed by atoms with Gasteiger partial charge < -0.3 is 14.2 Å². The largest absolute Gasteiger partial charge is 0.491 e. The number of hydrogen-bond donors (Lipinski definition) is 0. The molecular formula is C17H26BrNO3. The molecule has 0 aliphatic carbocycles. The second kappa shape index (κ2) is 8.87. The average Bonchev–Trinajstić information content (AvgIpc) is 2.43. The van der Waals surface area contributed by atoms with Crippen LogP contribution in [0.15, 0.2) is 22.7 Å². The van der Waals surface area contributed by atoms with Gasteiger partial charge in [-0.05, 0) is 44.5 Å². The molecule has 1 aliphatic rings. The smallest absolute Gasteiger partial charge is 0.122 e. The van der Waals surface area contributed by atoms with E-state index in [1.807, 2.05) is 19.1 Å². The van der Waals surface area contributed by atoms with E-state index in [0.717, 1.165) is 42.0 Å². The van der Waals surface area contributed by atoms with Gasteiger partial charge in [0, 0.05) is 24.1 Å². The van der Waals surface area contributed by atoms with Gasteiger partial charge in [0.1, 0.15) is 12.4 Å². The van der Waals surface area contributed by atoms with Crippen molar-refractivity contribution >= 4 is 15.9 Å². The van der Waals surface area contributed by atoms with E-state index in [9.17, 15) is 0 Å². The predicted octanol–water partition coefficient (Wildman–Crippen LogP) is 3.26. The number of nitrogens with zero attached hydrogens (tertiary/aromatic N) is 1. The molecule has 124 valence electrons. The van der Waals surface area contributed by atoms with Crippen LogP contribution in [0.4, 0.5) is 0 Å². The maximum absolute atomic E-state index is 5.74. The van der Waals surface area contributed by atoms with Crippen LogP contribution in [0.5, 0.6) is 5.75 Å². The van der Waals surface area contributed by atoms with Crippen LogP contribution >= 0.6 is 15.9 Å². The third kappa shape index (κ3) is 5.88. The third-order valence-corrected chi connectivity index (χ3v) is 4.16. The second-order valence-corrected chi connectivity index (χ2v) is 6.80. The maximum atomic E-state index is 5.74. The van der Waals surface area contributed by atoms with E-state index in [0.29, 0.717) is 25.4 Å². The summed E-state index contributed by atoms with van der Waals surface area (Å²) in [4.78, 5) is 2.40. The summed E-state index contributed by atoms with van der Waals surface area (Å²) in [6.45, 7) is 11.2. The van der Waals surface area contributed by atoms with Crippen LogP contribution in [-0.2, 0) is 9.47 Å². The summed E-state index contributed by atoms with van der Waals surface area (Å²) in [5, 5.41) is 0. The summed E-state index contributed by atoms with van der Waals surface area (Å²) in [5.41, 5.74) is 1.13. The van der Waals surface area contributed by atoms with Gasteiger partial charge in [0.05, 0.1) is 25.4 Å². The SMILES string of the molecule is Cc1cc(Br)ccc1OCCOCCN1C[C@@H](C)O[C@@H](C)C1. The number of benzene rings is 1. The molecule has 0 saturated carbocycles. The summed E-state index contributed by atoms with van der Waals surface area (Å²) in [6, 6.07) is 6.02. The second-order valence-electron chi connectivity index (χ2n) is 5.89. The Morgan fingerprint density at radius 2 is 1.91 bits per heavy atom. The van der Waals surface area contributed by atoms with E-state index in [1.54, 1.807) is 0 Å². The van der Waals surface area contributed by atoms with Crippen LogP contribution < -0.4 is 4.74 Å². The Morgan fingerprint density at radius 1 is 1.18 bits per heavy atom. The van der Waals surface area contributed by atoms with Crippen molar-refractivity contribution in [3.8, 4) is 5.75 Å². The monoisotopic (exact) mass is 371 g/mol. The van der Waals surface area contributed by atoms with Gasteiger partial charge in [0.2, 0.25) is 0 Å². The van der Waals surface area contributed by atoms with Gasteiger partial charge in [-0.25, -0.2) is 0 Å². The third-order valence-electron chi connectivity index (χ3n) is 3.67. The highest BCUT2D eigenvalue weighted by Crippen LogP contribution is 2.21. The first-order valence-electron chi connectivity index (χ1n) is 7.89. The number of halogens is 1. The van der Waals surface area contributed by atoms with Gasteiger partial charge in [0.15, 0.2) is 0 Å². The molecular weight excluding hydrogens is 346 g/mol. The highest BCUT2D eigenvalue weighted by atomic mass is 79.9. The molecule has 1 aromatic rings. The normalized spacial score (nSPS) is 22.7. The van der Waals surface area contributed by atoms with E-state index in [2.05, 4.69) is 40.7 Å². The van der Waals surface area contributed by atoms with Crippen molar-refractivity contribution < 1.29 is 14.2 Å². The van der Waals surface area contributed by atoms with Gasteiger partial charge in [0.25, 0.3) is 0 Å². The molecule has 0 bridgehead atoms. The molecule has 1 saturated heterocycles. The Labute approximate surface area is 141 Å². The number of ether oxygens (including phenoxy) is 3. The van der Waals surface area contributed by atoms with Crippen molar-refractivity contribution in [2.45, 2.75) is 33.0 Å². The highest BCUT2D eigenvalue weighted by molar-refractivity contribution is 9.10. The van der Waals surface area contributed by atoms with Gasteiger partial charge in [-0.15, -0.1) is 0 Å². The molecule has 0 N–H and O–H groups in total. The first-order valence-corrected chi connectivity index (χ1v) is 8.68. The Bertz CT molecular complexity index is 459. The van der Waals surface area contributed by atoms with Gasteiger partial charge in [-0.2, -0.15) is 0 Å². The summed E-state index contributed by atoms with van der Waals surface area (Å²) in [7, 11) is 0. The summed E-state index contributed by atoms with van der Waals surface area (Å²) < 4.78 is 18.2. The van der Waals surface area contributed by atoms with Gasteiger partial charge >= 0.3 is 0 Å². The Hall–Kier alpha value is -0.620. The van der Waals surface area contributed by atoms with Crippen molar-refractivity contribution in [3.63, 3.8) is 0 Å². The van der Waals surface area contributed by atoms with E-state index in [-0.39, 0.29) is 0 Å². The number of hydrogen-bond acceptors (Lipinski definition) is 4. The van der Waals surface area contributed by atoms with E-state index >= 15 is 0 Å².